The molecule has 0 bridgehead atoms. The van der Waals surface area contributed by atoms with E-state index in [4.69, 9.17) is 9.47 Å². The fourth-order valence-electron chi connectivity index (χ4n) is 4.00. The van der Waals surface area contributed by atoms with Gasteiger partial charge in [-0.25, -0.2) is 0 Å². The number of carbonyl (C=O) groups excluding carboxylic acids is 1. The molecule has 7 heteroatoms. The smallest absolute Gasteiger partial charge is 0.236 e. The second-order valence-corrected chi connectivity index (χ2v) is 7.05. The van der Waals surface area contributed by atoms with Crippen molar-refractivity contribution in [1.82, 2.24) is 20.0 Å². The first-order valence-corrected chi connectivity index (χ1v) is 9.53. The number of carbonyl (C=O) groups is 1. The highest BCUT2D eigenvalue weighted by Gasteiger charge is 2.32. The number of methoxy groups -OCH3 is 1. The van der Waals surface area contributed by atoms with E-state index in [0.717, 1.165) is 42.0 Å². The zero-order valence-electron chi connectivity index (χ0n) is 15.7. The lowest BCUT2D eigenvalue weighted by Crippen LogP contribution is -2.45. The van der Waals surface area contributed by atoms with E-state index in [2.05, 4.69) is 21.2 Å². The maximum Gasteiger partial charge on any atom is 0.236 e. The molecule has 1 N–H and O–H groups in total. The van der Waals surface area contributed by atoms with Crippen molar-refractivity contribution in [2.75, 3.05) is 46.5 Å². The van der Waals surface area contributed by atoms with E-state index >= 15 is 0 Å². The number of morpholine rings is 1. The van der Waals surface area contributed by atoms with Gasteiger partial charge in [0.2, 0.25) is 5.91 Å². The molecular formula is C20H26N4O3. The molecule has 2 aliphatic rings. The minimum atomic E-state index is 0.179. The molecule has 2 aliphatic heterocycles. The van der Waals surface area contributed by atoms with Crippen molar-refractivity contribution in [1.29, 1.82) is 0 Å². The Balaban J connectivity index is 1.52. The average molecular weight is 370 g/mol. The standard InChI is InChI=1S/C20H26N4O3/c1-26-16-5-2-4-15(12-16)17-13-21-22-20(17)18-6-3-7-24(18)14-19(25)23-8-10-27-11-9-23/h2,4-5,12-13,18H,3,6-11,14H2,1H3,(H,21,22). The molecule has 1 aromatic carbocycles. The Labute approximate surface area is 159 Å². The zero-order valence-corrected chi connectivity index (χ0v) is 15.7. The van der Waals surface area contributed by atoms with E-state index < -0.39 is 0 Å². The number of nitrogens with zero attached hydrogens (tertiary/aromatic N) is 3. The number of hydrogen-bond donors (Lipinski definition) is 1. The first kappa shape index (κ1) is 18.0. The van der Waals surface area contributed by atoms with E-state index in [-0.39, 0.29) is 11.9 Å². The summed E-state index contributed by atoms with van der Waals surface area (Å²) in [6.45, 7) is 4.02. The second kappa shape index (κ2) is 8.10. The van der Waals surface area contributed by atoms with Crippen LogP contribution < -0.4 is 4.74 Å². The van der Waals surface area contributed by atoms with Crippen LogP contribution in [0.25, 0.3) is 11.1 Å². The molecular weight excluding hydrogens is 344 g/mol. The number of rotatable bonds is 5. The maximum absolute atomic E-state index is 12.7. The van der Waals surface area contributed by atoms with Crippen molar-refractivity contribution in [2.24, 2.45) is 0 Å². The molecule has 2 saturated heterocycles. The molecule has 4 rings (SSSR count). The summed E-state index contributed by atoms with van der Waals surface area (Å²) in [6, 6.07) is 8.19. The topological polar surface area (TPSA) is 70.7 Å². The summed E-state index contributed by atoms with van der Waals surface area (Å²) in [6.07, 6.45) is 3.97. The monoisotopic (exact) mass is 370 g/mol. The molecule has 144 valence electrons. The van der Waals surface area contributed by atoms with Crippen LogP contribution in [0, 0.1) is 0 Å². The molecule has 1 unspecified atom stereocenters. The molecule has 0 radical (unpaired) electrons. The summed E-state index contributed by atoms with van der Waals surface area (Å²) < 4.78 is 10.7. The number of benzene rings is 1. The molecule has 7 nitrogen and oxygen atoms in total. The molecule has 0 saturated carbocycles. The van der Waals surface area contributed by atoms with Crippen LogP contribution >= 0.6 is 0 Å². The minimum absolute atomic E-state index is 0.179. The highest BCUT2D eigenvalue weighted by molar-refractivity contribution is 5.78. The van der Waals surface area contributed by atoms with Crippen LogP contribution in [0.15, 0.2) is 30.5 Å². The minimum Gasteiger partial charge on any atom is -0.497 e. The van der Waals surface area contributed by atoms with Gasteiger partial charge in [-0.1, -0.05) is 12.1 Å². The number of aromatic nitrogens is 2. The van der Waals surface area contributed by atoms with Gasteiger partial charge < -0.3 is 14.4 Å². The van der Waals surface area contributed by atoms with Crippen LogP contribution in [0.2, 0.25) is 0 Å². The third-order valence-electron chi connectivity index (χ3n) is 5.45. The summed E-state index contributed by atoms with van der Waals surface area (Å²) in [5, 5.41) is 7.49. The van der Waals surface area contributed by atoms with E-state index in [1.165, 1.54) is 0 Å². The van der Waals surface area contributed by atoms with Crippen LogP contribution in [0.1, 0.15) is 24.6 Å². The van der Waals surface area contributed by atoms with Gasteiger partial charge in [-0.15, -0.1) is 0 Å². The molecule has 27 heavy (non-hydrogen) atoms. The molecule has 1 amide bonds. The van der Waals surface area contributed by atoms with Gasteiger partial charge in [0.15, 0.2) is 0 Å². The van der Waals surface area contributed by atoms with Crippen molar-refractivity contribution in [3.63, 3.8) is 0 Å². The van der Waals surface area contributed by atoms with E-state index in [1.807, 2.05) is 29.3 Å². The van der Waals surface area contributed by atoms with Crippen LogP contribution in [-0.2, 0) is 9.53 Å². The van der Waals surface area contributed by atoms with Gasteiger partial charge in [0.25, 0.3) is 0 Å². The number of aromatic amines is 1. The molecule has 2 aromatic rings. The molecule has 2 fully saturated rings. The Hall–Kier alpha value is -2.38. The van der Waals surface area contributed by atoms with Gasteiger partial charge in [0.1, 0.15) is 5.75 Å². The molecule has 0 spiro atoms. The second-order valence-electron chi connectivity index (χ2n) is 7.05. The lowest BCUT2D eigenvalue weighted by Gasteiger charge is -2.30. The molecule has 1 atom stereocenters. The number of H-pyrrole nitrogens is 1. The van der Waals surface area contributed by atoms with Crippen molar-refractivity contribution >= 4 is 5.91 Å². The molecule has 3 heterocycles. The first-order chi connectivity index (χ1) is 13.3. The number of ether oxygens (including phenoxy) is 2. The highest BCUT2D eigenvalue weighted by Crippen LogP contribution is 2.37. The van der Waals surface area contributed by atoms with Gasteiger partial charge in [-0.3, -0.25) is 14.8 Å². The van der Waals surface area contributed by atoms with Crippen molar-refractivity contribution in [3.8, 4) is 16.9 Å². The molecule has 0 aliphatic carbocycles. The lowest BCUT2D eigenvalue weighted by atomic mass is 10.0. The Morgan fingerprint density at radius 3 is 3.00 bits per heavy atom. The van der Waals surface area contributed by atoms with Gasteiger partial charge in [0.05, 0.1) is 44.8 Å². The Kier molecular flexibility index (Phi) is 5.40. The Morgan fingerprint density at radius 2 is 2.19 bits per heavy atom. The largest absolute Gasteiger partial charge is 0.497 e. The number of hydrogen-bond acceptors (Lipinski definition) is 5. The number of amides is 1. The van der Waals surface area contributed by atoms with E-state index in [9.17, 15) is 4.79 Å². The van der Waals surface area contributed by atoms with Crippen molar-refractivity contribution in [3.05, 3.63) is 36.2 Å². The Morgan fingerprint density at radius 1 is 1.33 bits per heavy atom. The molecule has 1 aromatic heterocycles. The summed E-state index contributed by atoms with van der Waals surface area (Å²) in [7, 11) is 1.67. The zero-order chi connectivity index (χ0) is 18.6. The summed E-state index contributed by atoms with van der Waals surface area (Å²) in [4.78, 5) is 16.9. The third kappa shape index (κ3) is 3.84. The summed E-state index contributed by atoms with van der Waals surface area (Å²) >= 11 is 0. The van der Waals surface area contributed by atoms with Crippen LogP contribution in [0.5, 0.6) is 5.75 Å². The van der Waals surface area contributed by atoms with Crippen LogP contribution in [0.3, 0.4) is 0 Å². The number of nitrogens with one attached hydrogen (secondary N) is 1. The van der Waals surface area contributed by atoms with Crippen molar-refractivity contribution < 1.29 is 14.3 Å². The third-order valence-corrected chi connectivity index (χ3v) is 5.45. The predicted molar refractivity (Wildman–Crippen MR) is 102 cm³/mol. The van der Waals surface area contributed by atoms with Gasteiger partial charge in [0, 0.05) is 18.7 Å². The average Bonchev–Trinajstić information content (AvgIpc) is 3.37. The van der Waals surface area contributed by atoms with Gasteiger partial charge in [-0.05, 0) is 37.1 Å². The number of likely N-dealkylation sites (tertiary alicyclic amines) is 1. The van der Waals surface area contributed by atoms with Crippen LogP contribution in [-0.4, -0.2) is 72.4 Å². The highest BCUT2D eigenvalue weighted by atomic mass is 16.5. The maximum atomic E-state index is 12.7. The normalized spacial score (nSPS) is 20.8. The van der Waals surface area contributed by atoms with Gasteiger partial charge >= 0.3 is 0 Å². The van der Waals surface area contributed by atoms with Gasteiger partial charge in [-0.2, -0.15) is 5.10 Å². The SMILES string of the molecule is COc1cccc(-c2cn[nH]c2C2CCCN2CC(=O)N2CCOCC2)c1. The van der Waals surface area contributed by atoms with Crippen molar-refractivity contribution in [2.45, 2.75) is 18.9 Å². The van der Waals surface area contributed by atoms with E-state index in [0.29, 0.717) is 32.8 Å². The summed E-state index contributed by atoms with van der Waals surface area (Å²) in [5.74, 6) is 1.01. The predicted octanol–water partition coefficient (Wildman–Crippen LogP) is 2.08. The lowest BCUT2D eigenvalue weighted by molar-refractivity contribution is -0.136. The quantitative estimate of drug-likeness (QED) is 0.873. The fourth-order valence-corrected chi connectivity index (χ4v) is 4.00. The Bertz CT molecular complexity index is 785. The van der Waals surface area contributed by atoms with Crippen LogP contribution in [0.4, 0.5) is 0 Å². The first-order valence-electron chi connectivity index (χ1n) is 9.53. The van der Waals surface area contributed by atoms with E-state index in [1.54, 1.807) is 7.11 Å². The fraction of sp³-hybridized carbons (Fsp3) is 0.500. The summed E-state index contributed by atoms with van der Waals surface area (Å²) in [5.41, 5.74) is 3.23.